The molecule has 4 heteroatoms. The van der Waals surface area contributed by atoms with E-state index in [1.807, 2.05) is 0 Å². The quantitative estimate of drug-likeness (QED) is 0.770. The van der Waals surface area contributed by atoms with Crippen molar-refractivity contribution in [2.75, 3.05) is 20.3 Å². The van der Waals surface area contributed by atoms with E-state index in [4.69, 9.17) is 9.47 Å². The van der Waals surface area contributed by atoms with Gasteiger partial charge < -0.3 is 14.8 Å². The molecule has 0 spiro atoms. The van der Waals surface area contributed by atoms with Crippen LogP contribution in [0.2, 0.25) is 0 Å². The van der Waals surface area contributed by atoms with Crippen LogP contribution in [-0.4, -0.2) is 20.3 Å². The van der Waals surface area contributed by atoms with Crippen molar-refractivity contribution in [1.82, 2.24) is 5.32 Å². The van der Waals surface area contributed by atoms with Gasteiger partial charge in [0, 0.05) is 13.1 Å². The molecule has 1 aliphatic rings. The highest BCUT2D eigenvalue weighted by atomic mass is 79.9. The summed E-state index contributed by atoms with van der Waals surface area (Å²) in [6.07, 6.45) is 3.67. The average molecular weight is 342 g/mol. The lowest BCUT2D eigenvalue weighted by atomic mass is 10.1. The molecule has 1 aliphatic carbocycles. The van der Waals surface area contributed by atoms with Crippen molar-refractivity contribution in [3.05, 3.63) is 22.2 Å². The third-order valence-electron chi connectivity index (χ3n) is 3.72. The van der Waals surface area contributed by atoms with Crippen LogP contribution < -0.4 is 14.8 Å². The minimum atomic E-state index is 0.533. The monoisotopic (exact) mass is 341 g/mol. The Balaban J connectivity index is 2.00. The Morgan fingerprint density at radius 2 is 2.10 bits per heavy atom. The first kappa shape index (κ1) is 15.6. The number of hydrogen-bond acceptors (Lipinski definition) is 3. The lowest BCUT2D eigenvalue weighted by Gasteiger charge is -2.15. The molecule has 0 aromatic heterocycles. The van der Waals surface area contributed by atoms with Crippen molar-refractivity contribution in [3.63, 3.8) is 0 Å². The van der Waals surface area contributed by atoms with E-state index < -0.39 is 0 Å². The molecule has 0 amide bonds. The summed E-state index contributed by atoms with van der Waals surface area (Å²) in [7, 11) is 1.68. The van der Waals surface area contributed by atoms with E-state index in [0.717, 1.165) is 35.5 Å². The van der Waals surface area contributed by atoms with Gasteiger partial charge in [0.15, 0.2) is 11.5 Å². The molecule has 0 radical (unpaired) electrons. The van der Waals surface area contributed by atoms with Gasteiger partial charge in [0.05, 0.1) is 18.2 Å². The van der Waals surface area contributed by atoms with E-state index in [1.165, 1.54) is 18.4 Å². The molecule has 3 nitrogen and oxygen atoms in total. The Hall–Kier alpha value is -0.740. The second-order valence-electron chi connectivity index (χ2n) is 5.87. The Labute approximate surface area is 130 Å². The maximum atomic E-state index is 5.74. The van der Waals surface area contributed by atoms with Gasteiger partial charge in [0.2, 0.25) is 0 Å². The number of hydrogen-bond donors (Lipinski definition) is 1. The average Bonchev–Trinajstić information content (AvgIpc) is 3.15. The lowest BCUT2D eigenvalue weighted by molar-refractivity contribution is 0.292. The summed E-state index contributed by atoms with van der Waals surface area (Å²) < 4.78 is 12.1. The van der Waals surface area contributed by atoms with Crippen LogP contribution in [0.15, 0.2) is 16.6 Å². The summed E-state index contributed by atoms with van der Waals surface area (Å²) in [5.41, 5.74) is 1.74. The first-order valence-corrected chi connectivity index (χ1v) is 8.07. The smallest absolute Gasteiger partial charge is 0.175 e. The minimum Gasteiger partial charge on any atom is -0.493 e. The van der Waals surface area contributed by atoms with Crippen LogP contribution in [0.3, 0.4) is 0 Å². The van der Waals surface area contributed by atoms with Crippen LogP contribution in [0.25, 0.3) is 0 Å². The summed E-state index contributed by atoms with van der Waals surface area (Å²) in [6.45, 7) is 7.07. The fourth-order valence-electron chi connectivity index (χ4n) is 2.12. The number of benzene rings is 1. The van der Waals surface area contributed by atoms with E-state index in [-0.39, 0.29) is 0 Å². The van der Waals surface area contributed by atoms with Gasteiger partial charge in [-0.1, -0.05) is 13.8 Å². The first-order valence-electron chi connectivity index (χ1n) is 7.28. The van der Waals surface area contributed by atoms with Crippen molar-refractivity contribution < 1.29 is 9.47 Å². The molecule has 1 aromatic rings. The van der Waals surface area contributed by atoms with Gasteiger partial charge in [-0.3, -0.25) is 0 Å². The van der Waals surface area contributed by atoms with Crippen molar-refractivity contribution in [2.24, 2.45) is 5.41 Å². The highest BCUT2D eigenvalue weighted by Crippen LogP contribution is 2.44. The molecule has 0 heterocycles. The normalized spacial score (nSPS) is 16.0. The van der Waals surface area contributed by atoms with Gasteiger partial charge in [-0.25, -0.2) is 0 Å². The van der Waals surface area contributed by atoms with Gasteiger partial charge in [0.25, 0.3) is 0 Å². The number of nitrogens with one attached hydrogen (secondary N) is 1. The second-order valence-corrected chi connectivity index (χ2v) is 6.73. The second kappa shape index (κ2) is 6.81. The largest absolute Gasteiger partial charge is 0.493 e. The molecule has 0 atom stereocenters. The summed E-state index contributed by atoms with van der Waals surface area (Å²) in [6, 6.07) is 4.16. The Morgan fingerprint density at radius 1 is 1.35 bits per heavy atom. The molecular weight excluding hydrogens is 318 g/mol. The summed E-state index contributed by atoms with van der Waals surface area (Å²) in [4.78, 5) is 0. The highest BCUT2D eigenvalue weighted by molar-refractivity contribution is 9.10. The van der Waals surface area contributed by atoms with Gasteiger partial charge in [-0.15, -0.1) is 0 Å². The predicted octanol–water partition coefficient (Wildman–Crippen LogP) is 4.14. The molecule has 1 fully saturated rings. The molecule has 112 valence electrons. The maximum absolute atomic E-state index is 5.74. The summed E-state index contributed by atoms with van der Waals surface area (Å²) in [5.74, 6) is 1.59. The standard InChI is InChI=1S/C16H24BrNO2/c1-4-7-20-15-13(17)8-12(9-14(15)19-3)10-18-11-16(2)5-6-16/h8-9,18H,4-7,10-11H2,1-3H3. The number of methoxy groups -OCH3 is 1. The molecule has 1 saturated carbocycles. The Morgan fingerprint density at radius 3 is 2.70 bits per heavy atom. The zero-order valence-electron chi connectivity index (χ0n) is 12.6. The molecule has 0 saturated heterocycles. The predicted molar refractivity (Wildman–Crippen MR) is 85.5 cm³/mol. The number of rotatable bonds is 8. The van der Waals surface area contributed by atoms with E-state index in [0.29, 0.717) is 12.0 Å². The van der Waals surface area contributed by atoms with E-state index in [9.17, 15) is 0 Å². The molecule has 0 bridgehead atoms. The highest BCUT2D eigenvalue weighted by Gasteiger charge is 2.36. The Bertz CT molecular complexity index is 458. The SMILES string of the molecule is CCCOc1c(Br)cc(CNCC2(C)CC2)cc1OC. The third kappa shape index (κ3) is 4.13. The molecular formula is C16H24BrNO2. The van der Waals surface area contributed by atoms with Gasteiger partial charge >= 0.3 is 0 Å². The van der Waals surface area contributed by atoms with E-state index in [2.05, 4.69) is 47.2 Å². The zero-order valence-corrected chi connectivity index (χ0v) is 14.2. The van der Waals surface area contributed by atoms with Crippen LogP contribution in [0.5, 0.6) is 11.5 Å². The fraction of sp³-hybridized carbons (Fsp3) is 0.625. The minimum absolute atomic E-state index is 0.533. The first-order chi connectivity index (χ1) is 9.58. The molecule has 1 aromatic carbocycles. The van der Waals surface area contributed by atoms with E-state index >= 15 is 0 Å². The summed E-state index contributed by atoms with van der Waals surface area (Å²) >= 11 is 3.58. The molecule has 20 heavy (non-hydrogen) atoms. The molecule has 0 unspecified atom stereocenters. The number of ether oxygens (including phenoxy) is 2. The fourth-order valence-corrected chi connectivity index (χ4v) is 2.72. The summed E-state index contributed by atoms with van der Waals surface area (Å²) in [5, 5.41) is 3.53. The van der Waals surface area contributed by atoms with Crippen LogP contribution in [0, 0.1) is 5.41 Å². The van der Waals surface area contributed by atoms with E-state index in [1.54, 1.807) is 7.11 Å². The third-order valence-corrected chi connectivity index (χ3v) is 4.31. The maximum Gasteiger partial charge on any atom is 0.175 e. The van der Waals surface area contributed by atoms with Gasteiger partial charge in [-0.2, -0.15) is 0 Å². The van der Waals surface area contributed by atoms with Crippen molar-refractivity contribution in [2.45, 2.75) is 39.7 Å². The number of halogens is 1. The molecule has 2 rings (SSSR count). The van der Waals surface area contributed by atoms with Crippen LogP contribution in [-0.2, 0) is 6.54 Å². The molecule has 0 aliphatic heterocycles. The van der Waals surface area contributed by atoms with Gasteiger partial charge in [-0.05, 0) is 58.3 Å². The lowest BCUT2D eigenvalue weighted by Crippen LogP contribution is -2.21. The topological polar surface area (TPSA) is 30.5 Å². The van der Waals surface area contributed by atoms with Crippen LogP contribution >= 0.6 is 15.9 Å². The van der Waals surface area contributed by atoms with Crippen LogP contribution in [0.1, 0.15) is 38.7 Å². The van der Waals surface area contributed by atoms with Crippen molar-refractivity contribution in [1.29, 1.82) is 0 Å². The van der Waals surface area contributed by atoms with Crippen LogP contribution in [0.4, 0.5) is 0 Å². The molecule has 1 N–H and O–H groups in total. The zero-order chi connectivity index (χ0) is 14.6. The Kier molecular flexibility index (Phi) is 5.33. The van der Waals surface area contributed by atoms with Crippen molar-refractivity contribution >= 4 is 15.9 Å². The van der Waals surface area contributed by atoms with Gasteiger partial charge in [0.1, 0.15) is 0 Å². The van der Waals surface area contributed by atoms with Crippen molar-refractivity contribution in [3.8, 4) is 11.5 Å².